The first-order valence-corrected chi connectivity index (χ1v) is 6.14. The minimum absolute atomic E-state index is 0.0435. The number of hydrogen-bond donors (Lipinski definition) is 2. The molecule has 1 rings (SSSR count). The predicted octanol–water partition coefficient (Wildman–Crippen LogP) is 3.03. The molecule has 0 aromatic heterocycles. The molecule has 0 fully saturated rings. The Morgan fingerprint density at radius 3 is 2.67 bits per heavy atom. The van der Waals surface area contributed by atoms with Gasteiger partial charge in [-0.05, 0) is 24.1 Å². The fourth-order valence-corrected chi connectivity index (χ4v) is 1.81. The molecule has 0 spiro atoms. The van der Waals surface area contributed by atoms with E-state index in [4.69, 9.17) is 5.11 Å². The smallest absolute Gasteiger partial charge is 0.303 e. The number of rotatable bonds is 5. The molecule has 0 bridgehead atoms. The van der Waals surface area contributed by atoms with E-state index in [1.807, 2.05) is 0 Å². The van der Waals surface area contributed by atoms with Crippen molar-refractivity contribution in [2.75, 3.05) is 5.32 Å². The number of amides is 1. The van der Waals surface area contributed by atoms with Crippen LogP contribution in [0.5, 0.6) is 0 Å². The van der Waals surface area contributed by atoms with E-state index in [-0.39, 0.29) is 24.4 Å². The first-order chi connectivity index (χ1) is 8.38. The van der Waals surface area contributed by atoms with Gasteiger partial charge in [-0.3, -0.25) is 9.59 Å². The molecule has 0 radical (unpaired) electrons. The highest BCUT2D eigenvalue weighted by atomic mass is 79.9. The van der Waals surface area contributed by atoms with Crippen LogP contribution in [0.15, 0.2) is 22.7 Å². The van der Waals surface area contributed by atoms with Crippen LogP contribution in [-0.2, 0) is 9.59 Å². The second kappa shape index (κ2) is 6.49. The van der Waals surface area contributed by atoms with E-state index in [1.165, 1.54) is 12.1 Å². The lowest BCUT2D eigenvalue weighted by Gasteiger charge is -2.10. The number of carboxylic acid groups (broad SMARTS) is 1. The zero-order valence-corrected chi connectivity index (χ0v) is 11.3. The highest BCUT2D eigenvalue weighted by molar-refractivity contribution is 9.10. The van der Waals surface area contributed by atoms with Gasteiger partial charge in [-0.2, -0.15) is 0 Å². The zero-order valence-electron chi connectivity index (χ0n) is 9.74. The molecule has 4 nitrogen and oxygen atoms in total. The molecule has 2 N–H and O–H groups in total. The average Bonchev–Trinajstić information content (AvgIpc) is 2.20. The van der Waals surface area contributed by atoms with E-state index in [1.54, 1.807) is 13.0 Å². The molecule has 0 heterocycles. The molecule has 98 valence electrons. The Kier molecular flexibility index (Phi) is 5.27. The van der Waals surface area contributed by atoms with E-state index in [0.29, 0.717) is 4.47 Å². The number of aliphatic carboxylic acids is 1. The SMILES string of the molecule is CC(CC(=O)O)CC(=O)Nc1ccc(Br)cc1F. The van der Waals surface area contributed by atoms with Gasteiger partial charge in [-0.25, -0.2) is 4.39 Å². The first-order valence-electron chi connectivity index (χ1n) is 5.35. The second-order valence-electron chi connectivity index (χ2n) is 4.08. The van der Waals surface area contributed by atoms with Crippen LogP contribution in [0.2, 0.25) is 0 Å². The van der Waals surface area contributed by atoms with Crippen LogP contribution in [0.4, 0.5) is 10.1 Å². The molecule has 1 aromatic rings. The molecule has 18 heavy (non-hydrogen) atoms. The summed E-state index contributed by atoms with van der Waals surface area (Å²) in [5.41, 5.74) is 0.0886. The van der Waals surface area contributed by atoms with Gasteiger partial charge in [0.1, 0.15) is 5.82 Å². The number of halogens is 2. The van der Waals surface area contributed by atoms with E-state index >= 15 is 0 Å². The van der Waals surface area contributed by atoms with Gasteiger partial charge in [0.05, 0.1) is 5.69 Å². The van der Waals surface area contributed by atoms with Crippen molar-refractivity contribution in [2.24, 2.45) is 5.92 Å². The van der Waals surface area contributed by atoms with Crippen LogP contribution < -0.4 is 5.32 Å². The molecule has 0 aliphatic heterocycles. The van der Waals surface area contributed by atoms with Crippen molar-refractivity contribution in [3.8, 4) is 0 Å². The monoisotopic (exact) mass is 317 g/mol. The van der Waals surface area contributed by atoms with Crippen molar-refractivity contribution < 1.29 is 19.1 Å². The summed E-state index contributed by atoms with van der Waals surface area (Å²) >= 11 is 3.11. The normalized spacial score (nSPS) is 11.9. The molecule has 0 saturated carbocycles. The minimum atomic E-state index is -0.954. The predicted molar refractivity (Wildman–Crippen MR) is 68.8 cm³/mol. The molecule has 1 atom stereocenters. The van der Waals surface area contributed by atoms with Crippen molar-refractivity contribution in [1.82, 2.24) is 0 Å². The Hall–Kier alpha value is -1.43. The maximum Gasteiger partial charge on any atom is 0.303 e. The van der Waals surface area contributed by atoms with Gasteiger partial charge >= 0.3 is 5.97 Å². The Bertz CT molecular complexity index is 465. The van der Waals surface area contributed by atoms with Gasteiger partial charge in [0.2, 0.25) is 5.91 Å². The highest BCUT2D eigenvalue weighted by Crippen LogP contribution is 2.20. The second-order valence-corrected chi connectivity index (χ2v) is 5.00. The first kappa shape index (κ1) is 14.6. The van der Waals surface area contributed by atoms with Crippen LogP contribution in [-0.4, -0.2) is 17.0 Å². The summed E-state index contributed by atoms with van der Waals surface area (Å²) in [6.07, 6.45) is -0.0436. The fourth-order valence-electron chi connectivity index (χ4n) is 1.48. The van der Waals surface area contributed by atoms with Crippen molar-refractivity contribution in [1.29, 1.82) is 0 Å². The molecular weight excluding hydrogens is 305 g/mol. The number of anilines is 1. The zero-order chi connectivity index (χ0) is 13.7. The quantitative estimate of drug-likeness (QED) is 0.877. The van der Waals surface area contributed by atoms with Crippen molar-refractivity contribution in [3.05, 3.63) is 28.5 Å². The lowest BCUT2D eigenvalue weighted by atomic mass is 10.0. The molecule has 1 amide bonds. The third-order valence-corrected chi connectivity index (χ3v) is 2.76. The molecular formula is C12H13BrFNO3. The molecule has 0 aliphatic rings. The van der Waals surface area contributed by atoms with Crippen LogP contribution >= 0.6 is 15.9 Å². The minimum Gasteiger partial charge on any atom is -0.481 e. The topological polar surface area (TPSA) is 66.4 Å². The Labute approximate surface area is 112 Å². The largest absolute Gasteiger partial charge is 0.481 e. The number of benzene rings is 1. The number of hydrogen-bond acceptors (Lipinski definition) is 2. The van der Waals surface area contributed by atoms with E-state index in [0.717, 1.165) is 0 Å². The van der Waals surface area contributed by atoms with E-state index in [2.05, 4.69) is 21.2 Å². The lowest BCUT2D eigenvalue weighted by molar-refractivity contribution is -0.138. The van der Waals surface area contributed by atoms with Crippen molar-refractivity contribution in [2.45, 2.75) is 19.8 Å². The summed E-state index contributed by atoms with van der Waals surface area (Å²) in [6, 6.07) is 4.30. The van der Waals surface area contributed by atoms with Crippen molar-refractivity contribution >= 4 is 33.5 Å². The van der Waals surface area contributed by atoms with E-state index in [9.17, 15) is 14.0 Å². The lowest BCUT2D eigenvalue weighted by Crippen LogP contribution is -2.17. The number of carboxylic acids is 1. The molecule has 6 heteroatoms. The van der Waals surface area contributed by atoms with Crippen LogP contribution in [0.25, 0.3) is 0 Å². The van der Waals surface area contributed by atoms with Crippen LogP contribution in [0.1, 0.15) is 19.8 Å². The summed E-state index contributed by atoms with van der Waals surface area (Å²) < 4.78 is 14.0. The molecule has 1 unspecified atom stereocenters. The van der Waals surface area contributed by atoms with Gasteiger partial charge < -0.3 is 10.4 Å². The summed E-state index contributed by atoms with van der Waals surface area (Å²) in [4.78, 5) is 22.0. The number of carbonyl (C=O) groups excluding carboxylic acids is 1. The van der Waals surface area contributed by atoms with Crippen LogP contribution in [0, 0.1) is 11.7 Å². The maximum atomic E-state index is 13.4. The van der Waals surface area contributed by atoms with Crippen molar-refractivity contribution in [3.63, 3.8) is 0 Å². The third-order valence-electron chi connectivity index (χ3n) is 2.26. The molecule has 0 aliphatic carbocycles. The van der Waals surface area contributed by atoms with Gasteiger partial charge in [0, 0.05) is 17.3 Å². The fraction of sp³-hybridized carbons (Fsp3) is 0.333. The number of carbonyl (C=O) groups is 2. The van der Waals surface area contributed by atoms with Gasteiger partial charge in [0.15, 0.2) is 0 Å². The Balaban J connectivity index is 2.56. The standard InChI is InChI=1S/C12H13BrFNO3/c1-7(5-12(17)18)4-11(16)15-10-3-2-8(13)6-9(10)14/h2-3,6-7H,4-5H2,1H3,(H,15,16)(H,17,18). The van der Waals surface area contributed by atoms with E-state index < -0.39 is 17.7 Å². The Morgan fingerprint density at radius 2 is 2.11 bits per heavy atom. The maximum absolute atomic E-state index is 13.4. The molecule has 1 aromatic carbocycles. The van der Waals surface area contributed by atoms with Crippen LogP contribution in [0.3, 0.4) is 0 Å². The third kappa shape index (κ3) is 4.83. The Morgan fingerprint density at radius 1 is 1.44 bits per heavy atom. The summed E-state index contributed by atoms with van der Waals surface area (Å²) in [7, 11) is 0. The van der Waals surface area contributed by atoms with Gasteiger partial charge in [-0.15, -0.1) is 0 Å². The van der Waals surface area contributed by atoms with Gasteiger partial charge in [0.25, 0.3) is 0 Å². The number of nitrogens with one attached hydrogen (secondary N) is 1. The summed E-state index contributed by atoms with van der Waals surface area (Å²) in [5, 5.41) is 11.0. The summed E-state index contributed by atoms with van der Waals surface area (Å²) in [5.74, 6) is -2.18. The molecule has 0 saturated heterocycles. The van der Waals surface area contributed by atoms with Gasteiger partial charge in [-0.1, -0.05) is 22.9 Å². The average molecular weight is 318 g/mol. The highest BCUT2D eigenvalue weighted by Gasteiger charge is 2.14. The summed E-state index contributed by atoms with van der Waals surface area (Å²) in [6.45, 7) is 1.66.